The van der Waals surface area contributed by atoms with E-state index in [1.807, 2.05) is 18.2 Å². The average molecular weight is 262 g/mol. The first-order valence-electron chi connectivity index (χ1n) is 5.38. The lowest BCUT2D eigenvalue weighted by atomic mass is 10.1. The van der Waals surface area contributed by atoms with E-state index in [0.29, 0.717) is 0 Å². The van der Waals surface area contributed by atoms with E-state index in [0.717, 1.165) is 15.4 Å². The van der Waals surface area contributed by atoms with Gasteiger partial charge in [-0.15, -0.1) is 0 Å². The lowest BCUT2D eigenvalue weighted by Gasteiger charge is -2.07. The molecule has 1 N–H and O–H groups in total. The van der Waals surface area contributed by atoms with Gasteiger partial charge in [0, 0.05) is 9.79 Å². The fourth-order valence-electron chi connectivity index (χ4n) is 1.54. The topological polar surface area (TPSA) is 37.3 Å². The second-order valence-corrected chi connectivity index (χ2v) is 4.85. The number of hydrogen-bond acceptors (Lipinski definition) is 2. The molecule has 0 unspecified atom stereocenters. The molecule has 0 saturated carbocycles. The van der Waals surface area contributed by atoms with Crippen molar-refractivity contribution in [2.24, 2.45) is 0 Å². The number of hydrogen-bond donors (Lipinski definition) is 1. The number of carbonyl (C=O) groups is 1. The molecular weight excluding hydrogens is 251 g/mol. The second-order valence-electron chi connectivity index (χ2n) is 3.73. The van der Waals surface area contributed by atoms with Crippen molar-refractivity contribution in [2.45, 2.75) is 16.2 Å². The van der Waals surface area contributed by atoms with Gasteiger partial charge in [-0.05, 0) is 35.9 Å². The maximum absolute atomic E-state index is 12.8. The van der Waals surface area contributed by atoms with Gasteiger partial charge in [0.2, 0.25) is 0 Å². The number of benzene rings is 2. The van der Waals surface area contributed by atoms with Crippen molar-refractivity contribution in [3.63, 3.8) is 0 Å². The predicted octanol–water partition coefficient (Wildman–Crippen LogP) is 3.60. The summed E-state index contributed by atoms with van der Waals surface area (Å²) in [6, 6.07) is 13.5. The molecule has 0 aromatic heterocycles. The molecule has 18 heavy (non-hydrogen) atoms. The molecular formula is C14H11FO2S. The number of carboxylic acid groups (broad SMARTS) is 1. The van der Waals surface area contributed by atoms with E-state index in [9.17, 15) is 9.18 Å². The first-order valence-corrected chi connectivity index (χ1v) is 6.20. The molecule has 0 saturated heterocycles. The molecule has 2 aromatic rings. The molecule has 0 aliphatic carbocycles. The first kappa shape index (κ1) is 12.6. The van der Waals surface area contributed by atoms with Crippen LogP contribution in [0, 0.1) is 5.82 Å². The van der Waals surface area contributed by atoms with Gasteiger partial charge in [0.15, 0.2) is 0 Å². The Bertz CT molecular complexity index is 552. The third-order valence-electron chi connectivity index (χ3n) is 2.36. The Morgan fingerprint density at radius 2 is 1.78 bits per heavy atom. The normalized spacial score (nSPS) is 10.3. The standard InChI is InChI=1S/C14H11FO2S/c15-11-5-7-12(8-6-11)18-13-4-2-1-3-10(13)9-14(16)17/h1-8H,9H2,(H,16,17). The molecule has 0 bridgehead atoms. The van der Waals surface area contributed by atoms with E-state index in [-0.39, 0.29) is 12.2 Å². The van der Waals surface area contributed by atoms with Crippen LogP contribution >= 0.6 is 11.8 Å². The minimum Gasteiger partial charge on any atom is -0.481 e. The molecule has 0 heterocycles. The van der Waals surface area contributed by atoms with Crippen molar-refractivity contribution < 1.29 is 14.3 Å². The Kier molecular flexibility index (Phi) is 3.99. The Morgan fingerprint density at radius 3 is 2.44 bits per heavy atom. The monoisotopic (exact) mass is 262 g/mol. The maximum Gasteiger partial charge on any atom is 0.307 e. The van der Waals surface area contributed by atoms with Crippen LogP contribution in [0.25, 0.3) is 0 Å². The van der Waals surface area contributed by atoms with Crippen molar-refractivity contribution in [1.29, 1.82) is 0 Å². The summed E-state index contributed by atoms with van der Waals surface area (Å²) in [4.78, 5) is 12.5. The average Bonchev–Trinajstić information content (AvgIpc) is 2.34. The molecule has 0 aliphatic rings. The van der Waals surface area contributed by atoms with Crippen LogP contribution < -0.4 is 0 Å². The molecule has 4 heteroatoms. The van der Waals surface area contributed by atoms with Crippen LogP contribution in [0.1, 0.15) is 5.56 Å². The number of rotatable bonds is 4. The van der Waals surface area contributed by atoms with Gasteiger partial charge in [0.1, 0.15) is 5.82 Å². The largest absolute Gasteiger partial charge is 0.481 e. The summed E-state index contributed by atoms with van der Waals surface area (Å²) < 4.78 is 12.8. The zero-order valence-corrected chi connectivity index (χ0v) is 10.3. The first-order chi connectivity index (χ1) is 8.65. The molecule has 0 fully saturated rings. The third kappa shape index (κ3) is 3.34. The number of carboxylic acids is 1. The van der Waals surface area contributed by atoms with E-state index in [2.05, 4.69) is 0 Å². The highest BCUT2D eigenvalue weighted by atomic mass is 32.2. The van der Waals surface area contributed by atoms with Gasteiger partial charge in [-0.1, -0.05) is 30.0 Å². The van der Waals surface area contributed by atoms with Crippen LogP contribution in [-0.2, 0) is 11.2 Å². The van der Waals surface area contributed by atoms with Gasteiger partial charge >= 0.3 is 5.97 Å². The van der Waals surface area contributed by atoms with Crippen LogP contribution in [0.15, 0.2) is 58.3 Å². The van der Waals surface area contributed by atoms with E-state index < -0.39 is 5.97 Å². The molecule has 92 valence electrons. The molecule has 2 nitrogen and oxygen atoms in total. The Morgan fingerprint density at radius 1 is 1.11 bits per heavy atom. The van der Waals surface area contributed by atoms with Crippen molar-refractivity contribution in [2.75, 3.05) is 0 Å². The van der Waals surface area contributed by atoms with Gasteiger partial charge in [-0.2, -0.15) is 0 Å². The molecule has 0 aliphatic heterocycles. The summed E-state index contributed by atoms with van der Waals surface area (Å²) in [6.07, 6.45) is -0.00956. The SMILES string of the molecule is O=C(O)Cc1ccccc1Sc1ccc(F)cc1. The van der Waals surface area contributed by atoms with Crippen LogP contribution in [0.4, 0.5) is 4.39 Å². The lowest BCUT2D eigenvalue weighted by Crippen LogP contribution is -2.01. The van der Waals surface area contributed by atoms with Gasteiger partial charge in [-0.25, -0.2) is 4.39 Å². The molecule has 0 amide bonds. The summed E-state index contributed by atoms with van der Waals surface area (Å²) in [5.41, 5.74) is 0.763. The fourth-order valence-corrected chi connectivity index (χ4v) is 2.49. The van der Waals surface area contributed by atoms with E-state index in [1.165, 1.54) is 23.9 Å². The zero-order chi connectivity index (χ0) is 13.0. The minimum absolute atomic E-state index is 0.00956. The van der Waals surface area contributed by atoms with Crippen LogP contribution in [-0.4, -0.2) is 11.1 Å². The summed E-state index contributed by atoms with van der Waals surface area (Å²) in [5.74, 6) is -1.14. The highest BCUT2D eigenvalue weighted by molar-refractivity contribution is 7.99. The number of halogens is 1. The van der Waals surface area contributed by atoms with Gasteiger partial charge < -0.3 is 5.11 Å². The van der Waals surface area contributed by atoms with E-state index in [4.69, 9.17) is 5.11 Å². The molecule has 2 aromatic carbocycles. The molecule has 0 atom stereocenters. The van der Waals surface area contributed by atoms with Crippen molar-refractivity contribution >= 4 is 17.7 Å². The predicted molar refractivity (Wildman–Crippen MR) is 68.3 cm³/mol. The lowest BCUT2D eigenvalue weighted by molar-refractivity contribution is -0.136. The smallest absolute Gasteiger partial charge is 0.307 e. The van der Waals surface area contributed by atoms with Gasteiger partial charge in [0.05, 0.1) is 6.42 Å². The summed E-state index contributed by atoms with van der Waals surface area (Å²) >= 11 is 1.43. The summed E-state index contributed by atoms with van der Waals surface area (Å²) in [7, 11) is 0. The second kappa shape index (κ2) is 5.69. The summed E-state index contributed by atoms with van der Waals surface area (Å²) in [5, 5.41) is 8.83. The van der Waals surface area contributed by atoms with Crippen molar-refractivity contribution in [1.82, 2.24) is 0 Å². The molecule has 0 spiro atoms. The Hall–Kier alpha value is -1.81. The zero-order valence-electron chi connectivity index (χ0n) is 9.47. The Balaban J connectivity index is 2.23. The highest BCUT2D eigenvalue weighted by Crippen LogP contribution is 2.30. The van der Waals surface area contributed by atoms with Crippen LogP contribution in [0.3, 0.4) is 0 Å². The summed E-state index contributed by atoms with van der Waals surface area (Å²) in [6.45, 7) is 0. The quantitative estimate of drug-likeness (QED) is 0.914. The molecule has 2 rings (SSSR count). The van der Waals surface area contributed by atoms with Crippen molar-refractivity contribution in [3.05, 3.63) is 59.9 Å². The van der Waals surface area contributed by atoms with Crippen LogP contribution in [0.5, 0.6) is 0 Å². The van der Waals surface area contributed by atoms with E-state index in [1.54, 1.807) is 18.2 Å². The van der Waals surface area contributed by atoms with Crippen LogP contribution in [0.2, 0.25) is 0 Å². The Labute approximate surface area is 108 Å². The third-order valence-corrected chi connectivity index (χ3v) is 3.48. The maximum atomic E-state index is 12.8. The van der Waals surface area contributed by atoms with Gasteiger partial charge in [-0.3, -0.25) is 4.79 Å². The fraction of sp³-hybridized carbons (Fsp3) is 0.0714. The number of aliphatic carboxylic acids is 1. The molecule has 0 radical (unpaired) electrons. The van der Waals surface area contributed by atoms with Gasteiger partial charge in [0.25, 0.3) is 0 Å². The van der Waals surface area contributed by atoms with E-state index >= 15 is 0 Å². The minimum atomic E-state index is -0.859. The van der Waals surface area contributed by atoms with Crippen molar-refractivity contribution in [3.8, 4) is 0 Å². The highest BCUT2D eigenvalue weighted by Gasteiger charge is 2.07.